The molecule has 110 valence electrons. The molecule has 0 N–H and O–H groups in total. The van der Waals surface area contributed by atoms with Crippen LogP contribution in [0.25, 0.3) is 0 Å². The maximum atomic E-state index is 11.1. The average Bonchev–Trinajstić information content (AvgIpc) is 2.47. The number of hydrogen-bond acceptors (Lipinski definition) is 4. The van der Waals surface area contributed by atoms with Gasteiger partial charge < -0.3 is 9.80 Å². The fourth-order valence-corrected chi connectivity index (χ4v) is 2.23. The number of benzene rings is 2. The van der Waals surface area contributed by atoms with Crippen molar-refractivity contribution in [1.29, 1.82) is 0 Å². The van der Waals surface area contributed by atoms with Crippen molar-refractivity contribution in [2.45, 2.75) is 6.54 Å². The Morgan fingerprint density at radius 3 is 2.43 bits per heavy atom. The van der Waals surface area contributed by atoms with Crippen molar-refractivity contribution in [3.8, 4) is 0 Å². The third-order valence-electron chi connectivity index (χ3n) is 3.34. The van der Waals surface area contributed by atoms with E-state index in [2.05, 4.69) is 6.07 Å². The van der Waals surface area contributed by atoms with Gasteiger partial charge in [-0.25, -0.2) is 0 Å². The smallest absolute Gasteiger partial charge is 0.292 e. The molecular weight excluding hydrogens is 266 g/mol. The maximum Gasteiger partial charge on any atom is 0.292 e. The first-order chi connectivity index (χ1) is 9.99. The molecule has 0 unspecified atom stereocenters. The first-order valence-corrected chi connectivity index (χ1v) is 6.70. The van der Waals surface area contributed by atoms with Crippen LogP contribution in [0.4, 0.5) is 17.1 Å². The lowest BCUT2D eigenvalue weighted by Crippen LogP contribution is -2.18. The van der Waals surface area contributed by atoms with Crippen molar-refractivity contribution >= 4 is 17.1 Å². The zero-order valence-corrected chi connectivity index (χ0v) is 12.5. The molecule has 2 rings (SSSR count). The van der Waals surface area contributed by atoms with Gasteiger partial charge in [-0.05, 0) is 23.8 Å². The van der Waals surface area contributed by atoms with Crippen LogP contribution in [-0.4, -0.2) is 26.1 Å². The molecule has 0 saturated heterocycles. The highest BCUT2D eigenvalue weighted by Crippen LogP contribution is 2.28. The Morgan fingerprint density at radius 1 is 1.05 bits per heavy atom. The van der Waals surface area contributed by atoms with E-state index in [1.807, 2.05) is 55.2 Å². The van der Waals surface area contributed by atoms with Gasteiger partial charge in [0.2, 0.25) is 0 Å². The van der Waals surface area contributed by atoms with Crippen LogP contribution in [-0.2, 0) is 6.54 Å². The molecule has 0 aromatic heterocycles. The molecule has 0 heterocycles. The number of anilines is 2. The third kappa shape index (κ3) is 3.51. The second-order valence-corrected chi connectivity index (χ2v) is 5.17. The molecule has 5 heteroatoms. The lowest BCUT2D eigenvalue weighted by Gasteiger charge is -2.20. The summed E-state index contributed by atoms with van der Waals surface area (Å²) in [4.78, 5) is 14.7. The molecule has 0 aliphatic heterocycles. The van der Waals surface area contributed by atoms with Crippen LogP contribution >= 0.6 is 0 Å². The zero-order chi connectivity index (χ0) is 15.4. The summed E-state index contributed by atoms with van der Waals surface area (Å²) < 4.78 is 0. The molecule has 0 aliphatic rings. The van der Waals surface area contributed by atoms with E-state index >= 15 is 0 Å². The van der Waals surface area contributed by atoms with E-state index in [1.165, 1.54) is 6.07 Å². The van der Waals surface area contributed by atoms with Crippen LogP contribution < -0.4 is 9.80 Å². The Kier molecular flexibility index (Phi) is 4.42. The van der Waals surface area contributed by atoms with Crippen LogP contribution in [0, 0.1) is 10.1 Å². The number of nitro groups is 1. The average molecular weight is 285 g/mol. The Balaban J connectivity index is 2.24. The largest absolute Gasteiger partial charge is 0.378 e. The summed E-state index contributed by atoms with van der Waals surface area (Å²) in [5.74, 6) is 0. The van der Waals surface area contributed by atoms with E-state index in [9.17, 15) is 10.1 Å². The highest BCUT2D eigenvalue weighted by Gasteiger charge is 2.16. The predicted octanol–water partition coefficient (Wildman–Crippen LogP) is 3.30. The summed E-state index contributed by atoms with van der Waals surface area (Å²) in [7, 11) is 5.85. The van der Waals surface area contributed by atoms with Crippen LogP contribution in [0.15, 0.2) is 48.5 Å². The molecule has 5 nitrogen and oxygen atoms in total. The fraction of sp³-hybridized carbons (Fsp3) is 0.250. The zero-order valence-electron chi connectivity index (χ0n) is 12.5. The maximum absolute atomic E-state index is 11.1. The minimum absolute atomic E-state index is 0.128. The van der Waals surface area contributed by atoms with Gasteiger partial charge in [0.05, 0.1) is 4.92 Å². The standard InChI is InChI=1S/C16H19N3O2/c1-17(2)14-8-6-7-13(11-14)12-18(3)15-9-4-5-10-16(15)19(20)21/h4-11H,12H2,1-3H3. The van der Waals surface area contributed by atoms with E-state index in [1.54, 1.807) is 12.1 Å². The highest BCUT2D eigenvalue weighted by molar-refractivity contribution is 5.63. The summed E-state index contributed by atoms with van der Waals surface area (Å²) in [6, 6.07) is 14.9. The second kappa shape index (κ2) is 6.26. The monoisotopic (exact) mass is 285 g/mol. The number of hydrogen-bond donors (Lipinski definition) is 0. The van der Waals surface area contributed by atoms with Crippen molar-refractivity contribution < 1.29 is 4.92 Å². The van der Waals surface area contributed by atoms with E-state index in [4.69, 9.17) is 0 Å². The predicted molar refractivity (Wildman–Crippen MR) is 86.0 cm³/mol. The molecule has 21 heavy (non-hydrogen) atoms. The first-order valence-electron chi connectivity index (χ1n) is 6.70. The van der Waals surface area contributed by atoms with Crippen molar-refractivity contribution in [1.82, 2.24) is 0 Å². The molecule has 0 radical (unpaired) electrons. The van der Waals surface area contributed by atoms with Gasteiger partial charge in [0.1, 0.15) is 5.69 Å². The molecule has 2 aromatic carbocycles. The van der Waals surface area contributed by atoms with Gasteiger partial charge >= 0.3 is 0 Å². The van der Waals surface area contributed by atoms with Gasteiger partial charge in [-0.3, -0.25) is 10.1 Å². The molecule has 0 aliphatic carbocycles. The Morgan fingerprint density at radius 2 is 1.76 bits per heavy atom. The summed E-state index contributed by atoms with van der Waals surface area (Å²) in [5, 5.41) is 11.1. The minimum atomic E-state index is -0.345. The Bertz CT molecular complexity index is 641. The van der Waals surface area contributed by atoms with Crippen molar-refractivity contribution in [3.63, 3.8) is 0 Å². The summed E-state index contributed by atoms with van der Waals surface area (Å²) in [5.41, 5.74) is 2.98. The molecule has 0 amide bonds. The third-order valence-corrected chi connectivity index (χ3v) is 3.34. The van der Waals surface area contributed by atoms with Crippen LogP contribution in [0.2, 0.25) is 0 Å². The van der Waals surface area contributed by atoms with Crippen LogP contribution in [0.5, 0.6) is 0 Å². The van der Waals surface area contributed by atoms with Gasteiger partial charge in [0, 0.05) is 39.4 Å². The summed E-state index contributed by atoms with van der Waals surface area (Å²) in [6.07, 6.45) is 0. The summed E-state index contributed by atoms with van der Waals surface area (Å²) >= 11 is 0. The van der Waals surface area contributed by atoms with E-state index in [0.29, 0.717) is 12.2 Å². The van der Waals surface area contributed by atoms with E-state index in [-0.39, 0.29) is 10.6 Å². The molecule has 0 fully saturated rings. The van der Waals surface area contributed by atoms with Gasteiger partial charge in [-0.2, -0.15) is 0 Å². The molecular formula is C16H19N3O2. The quantitative estimate of drug-likeness (QED) is 0.625. The van der Waals surface area contributed by atoms with Crippen LogP contribution in [0.3, 0.4) is 0 Å². The van der Waals surface area contributed by atoms with Gasteiger partial charge in [-0.1, -0.05) is 24.3 Å². The normalized spacial score (nSPS) is 10.2. The van der Waals surface area contributed by atoms with Gasteiger partial charge in [0.25, 0.3) is 5.69 Å². The van der Waals surface area contributed by atoms with Crippen molar-refractivity contribution in [3.05, 3.63) is 64.2 Å². The molecule has 0 spiro atoms. The highest BCUT2D eigenvalue weighted by atomic mass is 16.6. The lowest BCUT2D eigenvalue weighted by molar-refractivity contribution is -0.384. The first kappa shape index (κ1) is 14.8. The minimum Gasteiger partial charge on any atom is -0.378 e. The fourth-order valence-electron chi connectivity index (χ4n) is 2.23. The van der Waals surface area contributed by atoms with Crippen molar-refractivity contribution in [2.24, 2.45) is 0 Å². The Hall–Kier alpha value is -2.56. The van der Waals surface area contributed by atoms with Gasteiger partial charge in [0.15, 0.2) is 0 Å². The van der Waals surface area contributed by atoms with Crippen molar-refractivity contribution in [2.75, 3.05) is 30.9 Å². The van der Waals surface area contributed by atoms with E-state index < -0.39 is 0 Å². The summed E-state index contributed by atoms with van der Waals surface area (Å²) in [6.45, 7) is 0.618. The molecule has 0 bridgehead atoms. The second-order valence-electron chi connectivity index (χ2n) is 5.17. The Labute approximate surface area is 124 Å². The topological polar surface area (TPSA) is 49.6 Å². The van der Waals surface area contributed by atoms with Crippen LogP contribution in [0.1, 0.15) is 5.56 Å². The number of nitro benzene ring substituents is 1. The lowest BCUT2D eigenvalue weighted by atomic mass is 10.1. The SMILES string of the molecule is CN(C)c1cccc(CN(C)c2ccccc2[N+](=O)[O-])c1. The molecule has 2 aromatic rings. The number of para-hydroxylation sites is 2. The van der Waals surface area contributed by atoms with E-state index in [0.717, 1.165) is 11.3 Å². The number of rotatable bonds is 5. The number of nitrogens with zero attached hydrogens (tertiary/aromatic N) is 3. The molecule has 0 saturated carbocycles. The molecule has 0 atom stereocenters. The van der Waals surface area contributed by atoms with Gasteiger partial charge in [-0.15, -0.1) is 0 Å².